The zero-order valence-corrected chi connectivity index (χ0v) is 17.8. The Kier molecular flexibility index (Phi) is 5.12. The Morgan fingerprint density at radius 2 is 1.63 bits per heavy atom. The topological polar surface area (TPSA) is 91.0 Å². The molecule has 0 saturated carbocycles. The molecule has 9 heteroatoms. The number of furan rings is 1. The van der Waals surface area contributed by atoms with Crippen LogP contribution in [0, 0.1) is 0 Å². The fraction of sp³-hybridized carbons (Fsp3) is 0.0769. The van der Waals surface area contributed by atoms with Crippen LogP contribution < -0.4 is 4.90 Å². The average molecular weight is 479 g/mol. The number of carbonyl (C=O) groups excluding carboxylic acids is 2. The number of phenols is 1. The number of nitrogens with zero attached hydrogens (tertiary/aromatic N) is 1. The number of aliphatic hydroxyl groups is 1. The number of hydrogen-bond donors (Lipinski definition) is 2. The lowest BCUT2D eigenvalue weighted by Crippen LogP contribution is -2.31. The van der Waals surface area contributed by atoms with Gasteiger partial charge in [-0.05, 0) is 48.0 Å². The van der Waals surface area contributed by atoms with Crippen molar-refractivity contribution in [3.63, 3.8) is 0 Å². The van der Waals surface area contributed by atoms with Crippen molar-refractivity contribution >= 4 is 28.3 Å². The summed E-state index contributed by atoms with van der Waals surface area (Å²) in [5.74, 6) is -2.97. The van der Waals surface area contributed by atoms with Gasteiger partial charge >= 0.3 is 6.18 Å². The summed E-state index contributed by atoms with van der Waals surface area (Å²) in [5.41, 5.74) is -0.809. The monoisotopic (exact) mass is 479 g/mol. The van der Waals surface area contributed by atoms with Crippen LogP contribution in [0.25, 0.3) is 11.0 Å². The lowest BCUT2D eigenvalue weighted by Gasteiger charge is -2.27. The third kappa shape index (κ3) is 3.80. The number of halogens is 3. The van der Waals surface area contributed by atoms with E-state index in [0.29, 0.717) is 11.0 Å². The van der Waals surface area contributed by atoms with Gasteiger partial charge in [-0.2, -0.15) is 13.2 Å². The molecular formula is C26H16F3NO5. The van der Waals surface area contributed by atoms with Crippen LogP contribution in [-0.4, -0.2) is 21.9 Å². The molecule has 0 aliphatic carbocycles. The molecular weight excluding hydrogens is 463 g/mol. The molecule has 0 saturated heterocycles. The minimum atomic E-state index is -4.67. The Bertz CT molecular complexity index is 1470. The van der Waals surface area contributed by atoms with Gasteiger partial charge in [0, 0.05) is 11.1 Å². The first-order valence-corrected chi connectivity index (χ1v) is 10.4. The van der Waals surface area contributed by atoms with Gasteiger partial charge in [-0.3, -0.25) is 14.5 Å². The molecule has 176 valence electrons. The fourth-order valence-corrected chi connectivity index (χ4v) is 4.13. The van der Waals surface area contributed by atoms with Gasteiger partial charge in [-0.1, -0.05) is 36.4 Å². The van der Waals surface area contributed by atoms with Crippen molar-refractivity contribution in [3.8, 4) is 5.75 Å². The normalized spacial score (nSPS) is 16.4. The molecule has 0 fully saturated rings. The maximum absolute atomic E-state index is 13.5. The van der Waals surface area contributed by atoms with Gasteiger partial charge in [0.2, 0.25) is 5.78 Å². The summed E-state index contributed by atoms with van der Waals surface area (Å²) in [5, 5.41) is 21.1. The Labute approximate surface area is 196 Å². The van der Waals surface area contributed by atoms with E-state index >= 15 is 0 Å². The van der Waals surface area contributed by atoms with E-state index in [1.54, 1.807) is 24.3 Å². The molecule has 1 aromatic heterocycles. The molecule has 1 unspecified atom stereocenters. The zero-order chi connectivity index (χ0) is 24.9. The van der Waals surface area contributed by atoms with E-state index in [4.69, 9.17) is 4.42 Å². The molecule has 1 aliphatic rings. The summed E-state index contributed by atoms with van der Waals surface area (Å²) in [4.78, 5) is 27.6. The van der Waals surface area contributed by atoms with Crippen LogP contribution in [0.3, 0.4) is 0 Å². The minimum Gasteiger partial charge on any atom is -0.508 e. The van der Waals surface area contributed by atoms with Crippen LogP contribution in [0.2, 0.25) is 0 Å². The van der Waals surface area contributed by atoms with E-state index in [1.165, 1.54) is 36.4 Å². The second-order valence-electron chi connectivity index (χ2n) is 7.96. The summed E-state index contributed by atoms with van der Waals surface area (Å²) in [6.45, 7) is 0. The minimum absolute atomic E-state index is 0.0953. The predicted octanol–water partition coefficient (Wildman–Crippen LogP) is 5.94. The third-order valence-corrected chi connectivity index (χ3v) is 5.76. The van der Waals surface area contributed by atoms with Crippen molar-refractivity contribution < 1.29 is 37.4 Å². The van der Waals surface area contributed by atoms with Gasteiger partial charge in [0.25, 0.3) is 5.91 Å². The van der Waals surface area contributed by atoms with E-state index in [9.17, 15) is 33.0 Å². The number of carbonyl (C=O) groups is 2. The fourth-order valence-electron chi connectivity index (χ4n) is 4.13. The molecule has 2 heterocycles. The van der Waals surface area contributed by atoms with Gasteiger partial charge < -0.3 is 14.6 Å². The highest BCUT2D eigenvalue weighted by molar-refractivity contribution is 6.20. The summed E-state index contributed by atoms with van der Waals surface area (Å²) in [6.07, 6.45) is -4.67. The van der Waals surface area contributed by atoms with Crippen LogP contribution in [0.15, 0.2) is 94.6 Å². The van der Waals surface area contributed by atoms with Crippen molar-refractivity contribution in [2.45, 2.75) is 12.2 Å². The largest absolute Gasteiger partial charge is 0.508 e. The van der Waals surface area contributed by atoms with Crippen LogP contribution in [0.1, 0.15) is 27.7 Å². The predicted molar refractivity (Wildman–Crippen MR) is 120 cm³/mol. The lowest BCUT2D eigenvalue weighted by atomic mass is 9.94. The van der Waals surface area contributed by atoms with E-state index < -0.39 is 35.2 Å². The second kappa shape index (κ2) is 8.05. The number of Topliss-reactive ketones (excluding diaryl/α,β-unsaturated/α-hetero) is 1. The van der Waals surface area contributed by atoms with Gasteiger partial charge in [0.05, 0.1) is 17.2 Å². The highest BCUT2D eigenvalue weighted by Crippen LogP contribution is 2.43. The maximum Gasteiger partial charge on any atom is 0.416 e. The number of aromatic hydroxyl groups is 1. The molecule has 1 atom stereocenters. The van der Waals surface area contributed by atoms with E-state index in [2.05, 4.69) is 0 Å². The van der Waals surface area contributed by atoms with Gasteiger partial charge in [-0.25, -0.2) is 0 Å². The van der Waals surface area contributed by atoms with Crippen LogP contribution in [0.4, 0.5) is 18.9 Å². The van der Waals surface area contributed by atoms with Crippen molar-refractivity contribution in [1.29, 1.82) is 0 Å². The van der Waals surface area contributed by atoms with Gasteiger partial charge in [0.15, 0.2) is 11.5 Å². The first kappa shape index (κ1) is 22.3. The Balaban J connectivity index is 1.66. The number of rotatable bonds is 4. The van der Waals surface area contributed by atoms with Gasteiger partial charge in [-0.15, -0.1) is 0 Å². The summed E-state index contributed by atoms with van der Waals surface area (Å²) < 4.78 is 45.7. The number of ketones is 1. The standard InChI is InChI=1S/C26H16F3NO5/c27-26(28,29)16-5-3-6-17(13-16)30-22(14-8-10-18(31)11-9-14)21(24(33)25(30)34)23(32)20-12-15-4-1-2-7-19(15)35-20/h1-13,22,31,33H. The second-order valence-corrected chi connectivity index (χ2v) is 7.96. The SMILES string of the molecule is O=C(C1=C(O)C(=O)N(c2cccc(C(F)(F)F)c2)C1c1ccc(O)cc1)c1cc2ccccc2o1. The van der Waals surface area contributed by atoms with Crippen LogP contribution in [0.5, 0.6) is 5.75 Å². The van der Waals surface area contributed by atoms with Crippen LogP contribution >= 0.6 is 0 Å². The Hall–Kier alpha value is -4.53. The number of phenolic OH excluding ortho intramolecular Hbond substituents is 1. The maximum atomic E-state index is 13.5. The number of hydrogen-bond acceptors (Lipinski definition) is 5. The number of anilines is 1. The van der Waals surface area contributed by atoms with E-state index in [-0.39, 0.29) is 28.3 Å². The number of amides is 1. The first-order valence-electron chi connectivity index (χ1n) is 10.4. The number of alkyl halides is 3. The molecule has 1 aliphatic heterocycles. The number of benzene rings is 3. The summed E-state index contributed by atoms with van der Waals surface area (Å²) >= 11 is 0. The van der Waals surface area contributed by atoms with E-state index in [0.717, 1.165) is 23.1 Å². The van der Waals surface area contributed by atoms with Gasteiger partial charge in [0.1, 0.15) is 11.3 Å². The molecule has 3 aromatic carbocycles. The first-order chi connectivity index (χ1) is 16.6. The molecule has 0 bridgehead atoms. The molecule has 4 aromatic rings. The zero-order valence-electron chi connectivity index (χ0n) is 17.8. The lowest BCUT2D eigenvalue weighted by molar-refractivity contribution is -0.137. The molecule has 0 spiro atoms. The van der Waals surface area contributed by atoms with Crippen molar-refractivity contribution in [2.75, 3.05) is 4.90 Å². The van der Waals surface area contributed by atoms with Crippen molar-refractivity contribution in [3.05, 3.63) is 107 Å². The van der Waals surface area contributed by atoms with E-state index in [1.807, 2.05) is 0 Å². The molecule has 6 nitrogen and oxygen atoms in total. The molecule has 1 amide bonds. The smallest absolute Gasteiger partial charge is 0.416 e. The molecule has 0 radical (unpaired) electrons. The van der Waals surface area contributed by atoms with Crippen molar-refractivity contribution in [1.82, 2.24) is 0 Å². The highest BCUT2D eigenvalue weighted by Gasteiger charge is 2.46. The molecule has 2 N–H and O–H groups in total. The molecule has 35 heavy (non-hydrogen) atoms. The number of para-hydroxylation sites is 1. The quantitative estimate of drug-likeness (QED) is 0.354. The highest BCUT2D eigenvalue weighted by atomic mass is 19.4. The third-order valence-electron chi connectivity index (χ3n) is 5.76. The van der Waals surface area contributed by atoms with Crippen LogP contribution in [-0.2, 0) is 11.0 Å². The Morgan fingerprint density at radius 3 is 2.31 bits per heavy atom. The molecule has 5 rings (SSSR count). The Morgan fingerprint density at radius 1 is 0.914 bits per heavy atom. The number of aliphatic hydroxyl groups excluding tert-OH is 1. The average Bonchev–Trinajstić information content (AvgIpc) is 3.38. The number of fused-ring (bicyclic) bond motifs is 1. The summed E-state index contributed by atoms with van der Waals surface area (Å²) in [6, 6.07) is 16.5. The van der Waals surface area contributed by atoms with Crippen molar-refractivity contribution in [2.24, 2.45) is 0 Å². The summed E-state index contributed by atoms with van der Waals surface area (Å²) in [7, 11) is 0.